The van der Waals surface area contributed by atoms with Gasteiger partial charge in [0.05, 0.1) is 18.2 Å². The molecule has 1 saturated heterocycles. The second kappa shape index (κ2) is 7.09. The smallest absolute Gasteiger partial charge is 0.324 e. The molecule has 0 saturated carbocycles. The molecular weight excluding hydrogens is 343 g/mol. The molecule has 1 aliphatic heterocycles. The fourth-order valence-corrected chi connectivity index (χ4v) is 3.15. The number of aromatic nitrogens is 2. The van der Waals surface area contributed by atoms with E-state index in [0.717, 1.165) is 44.2 Å². The summed E-state index contributed by atoms with van der Waals surface area (Å²) in [4.78, 5) is 2.27. The molecule has 2 heterocycles. The first-order chi connectivity index (χ1) is 12.3. The number of alkyl halides is 3. The zero-order chi connectivity index (χ0) is 18.8. The summed E-state index contributed by atoms with van der Waals surface area (Å²) in [5.74, 6) is 0. The lowest BCUT2D eigenvalue weighted by atomic mass is 9.86. The number of nitriles is 1. The summed E-state index contributed by atoms with van der Waals surface area (Å²) in [6, 6.07) is 10.9. The summed E-state index contributed by atoms with van der Waals surface area (Å²) in [6.45, 7) is 2.41. The van der Waals surface area contributed by atoms with Gasteiger partial charge in [-0.3, -0.25) is 4.90 Å². The van der Waals surface area contributed by atoms with Crippen molar-refractivity contribution in [2.45, 2.75) is 37.6 Å². The Hall–Kier alpha value is -2.37. The molecule has 2 N–H and O–H groups in total. The van der Waals surface area contributed by atoms with E-state index in [4.69, 9.17) is 11.0 Å². The maximum absolute atomic E-state index is 12.6. The highest BCUT2D eigenvalue weighted by Gasteiger charge is 2.32. The zero-order valence-corrected chi connectivity index (χ0v) is 14.2. The van der Waals surface area contributed by atoms with Crippen LogP contribution < -0.4 is 5.73 Å². The molecule has 0 spiro atoms. The number of benzene rings is 1. The Bertz CT molecular complexity index is 780. The molecule has 1 aromatic carbocycles. The summed E-state index contributed by atoms with van der Waals surface area (Å²) in [6.07, 6.45) is -1.64. The predicted octanol–water partition coefficient (Wildman–Crippen LogP) is 3.23. The minimum absolute atomic E-state index is 0.00425. The van der Waals surface area contributed by atoms with Crippen molar-refractivity contribution in [2.24, 2.45) is 5.73 Å². The SMILES string of the molecule is N#CCC1(N)CCN(Cc2ccc(-c3ccn(C(F)(F)F)n3)cc2)CC1. The second-order valence-corrected chi connectivity index (χ2v) is 6.78. The van der Waals surface area contributed by atoms with Crippen molar-refractivity contribution >= 4 is 0 Å². The van der Waals surface area contributed by atoms with Crippen molar-refractivity contribution in [1.82, 2.24) is 14.7 Å². The van der Waals surface area contributed by atoms with Gasteiger partial charge in [0.2, 0.25) is 0 Å². The number of piperidine rings is 1. The van der Waals surface area contributed by atoms with Crippen LogP contribution in [0, 0.1) is 11.3 Å². The first-order valence-corrected chi connectivity index (χ1v) is 8.39. The summed E-state index contributed by atoms with van der Waals surface area (Å²) in [7, 11) is 0. The molecule has 26 heavy (non-hydrogen) atoms. The monoisotopic (exact) mass is 363 g/mol. The van der Waals surface area contributed by atoms with Gasteiger partial charge in [-0.05, 0) is 24.5 Å². The molecule has 0 aliphatic carbocycles. The van der Waals surface area contributed by atoms with Crippen molar-refractivity contribution < 1.29 is 13.2 Å². The number of rotatable bonds is 4. The maximum Gasteiger partial charge on any atom is 0.504 e. The van der Waals surface area contributed by atoms with Gasteiger partial charge in [0, 0.05) is 36.9 Å². The fourth-order valence-electron chi connectivity index (χ4n) is 3.15. The number of hydrogen-bond acceptors (Lipinski definition) is 4. The van der Waals surface area contributed by atoms with Crippen LogP contribution in [0.2, 0.25) is 0 Å². The highest BCUT2D eigenvalue weighted by Crippen LogP contribution is 2.26. The van der Waals surface area contributed by atoms with Crippen molar-refractivity contribution in [1.29, 1.82) is 5.26 Å². The number of nitrogens with two attached hydrogens (primary N) is 1. The van der Waals surface area contributed by atoms with E-state index in [1.54, 1.807) is 12.1 Å². The quantitative estimate of drug-likeness (QED) is 0.905. The van der Waals surface area contributed by atoms with E-state index in [-0.39, 0.29) is 15.9 Å². The lowest BCUT2D eigenvalue weighted by molar-refractivity contribution is -0.212. The summed E-state index contributed by atoms with van der Waals surface area (Å²) in [5, 5.41) is 12.4. The van der Waals surface area contributed by atoms with Gasteiger partial charge in [-0.15, -0.1) is 13.2 Å². The number of nitrogens with zero attached hydrogens (tertiary/aromatic N) is 4. The molecular formula is C18H20F3N5. The summed E-state index contributed by atoms with van der Waals surface area (Å²) < 4.78 is 37.8. The Balaban J connectivity index is 1.60. The van der Waals surface area contributed by atoms with E-state index >= 15 is 0 Å². The van der Waals surface area contributed by atoms with Gasteiger partial charge in [0.15, 0.2) is 0 Å². The predicted molar refractivity (Wildman–Crippen MR) is 90.6 cm³/mol. The van der Waals surface area contributed by atoms with Crippen molar-refractivity contribution in [3.8, 4) is 17.3 Å². The molecule has 0 radical (unpaired) electrons. The Morgan fingerprint density at radius 3 is 2.35 bits per heavy atom. The molecule has 0 bridgehead atoms. The van der Waals surface area contributed by atoms with Crippen molar-refractivity contribution in [3.05, 3.63) is 42.1 Å². The van der Waals surface area contributed by atoms with Gasteiger partial charge >= 0.3 is 6.30 Å². The van der Waals surface area contributed by atoms with Crippen LogP contribution in [0.4, 0.5) is 13.2 Å². The van der Waals surface area contributed by atoms with Gasteiger partial charge < -0.3 is 5.73 Å². The molecule has 1 aromatic heterocycles. The highest BCUT2D eigenvalue weighted by molar-refractivity contribution is 5.58. The molecule has 3 rings (SSSR count). The van der Waals surface area contributed by atoms with Crippen LogP contribution in [-0.2, 0) is 12.8 Å². The summed E-state index contributed by atoms with van der Waals surface area (Å²) in [5.41, 5.74) is 7.83. The van der Waals surface area contributed by atoms with E-state index < -0.39 is 6.30 Å². The van der Waals surface area contributed by atoms with Gasteiger partial charge in [-0.25, -0.2) is 0 Å². The third-order valence-electron chi connectivity index (χ3n) is 4.79. The van der Waals surface area contributed by atoms with Gasteiger partial charge in [0.25, 0.3) is 0 Å². The molecule has 0 atom stereocenters. The molecule has 138 valence electrons. The lowest BCUT2D eigenvalue weighted by Gasteiger charge is -2.37. The van der Waals surface area contributed by atoms with E-state index in [0.29, 0.717) is 12.0 Å². The van der Waals surface area contributed by atoms with Crippen LogP contribution in [0.3, 0.4) is 0 Å². The average molecular weight is 363 g/mol. The minimum atomic E-state index is -4.50. The normalized spacial score (nSPS) is 17.8. The number of likely N-dealkylation sites (tertiary alicyclic amines) is 1. The number of hydrogen-bond donors (Lipinski definition) is 1. The van der Waals surface area contributed by atoms with E-state index in [1.807, 2.05) is 12.1 Å². The van der Waals surface area contributed by atoms with Crippen LogP contribution in [0.25, 0.3) is 11.3 Å². The Morgan fingerprint density at radius 2 is 1.81 bits per heavy atom. The van der Waals surface area contributed by atoms with Crippen molar-refractivity contribution in [2.75, 3.05) is 13.1 Å². The molecule has 2 aromatic rings. The number of halogens is 3. The average Bonchev–Trinajstić information content (AvgIpc) is 3.08. The third-order valence-corrected chi connectivity index (χ3v) is 4.79. The van der Waals surface area contributed by atoms with Crippen LogP contribution in [0.15, 0.2) is 36.5 Å². The molecule has 0 unspecified atom stereocenters. The van der Waals surface area contributed by atoms with Crippen LogP contribution in [-0.4, -0.2) is 33.3 Å². The van der Waals surface area contributed by atoms with Crippen LogP contribution >= 0.6 is 0 Å². The van der Waals surface area contributed by atoms with Crippen LogP contribution in [0.1, 0.15) is 24.8 Å². The summed E-state index contributed by atoms with van der Waals surface area (Å²) >= 11 is 0. The maximum atomic E-state index is 12.6. The van der Waals surface area contributed by atoms with Crippen LogP contribution in [0.5, 0.6) is 0 Å². The molecule has 5 nitrogen and oxygen atoms in total. The topological polar surface area (TPSA) is 70.9 Å². The Kier molecular flexibility index (Phi) is 5.03. The molecule has 8 heteroatoms. The highest BCUT2D eigenvalue weighted by atomic mass is 19.4. The van der Waals surface area contributed by atoms with Gasteiger partial charge in [0.1, 0.15) is 0 Å². The van der Waals surface area contributed by atoms with E-state index in [1.165, 1.54) is 6.07 Å². The zero-order valence-electron chi connectivity index (χ0n) is 14.2. The molecule has 0 amide bonds. The van der Waals surface area contributed by atoms with Crippen molar-refractivity contribution in [3.63, 3.8) is 0 Å². The Labute approximate surface area is 149 Å². The lowest BCUT2D eigenvalue weighted by Crippen LogP contribution is -2.49. The first-order valence-electron chi connectivity index (χ1n) is 8.39. The van der Waals surface area contributed by atoms with E-state index in [2.05, 4.69) is 16.1 Å². The molecule has 1 aliphatic rings. The first kappa shape index (κ1) is 18.4. The molecule has 1 fully saturated rings. The fraction of sp³-hybridized carbons (Fsp3) is 0.444. The largest absolute Gasteiger partial charge is 0.504 e. The van der Waals surface area contributed by atoms with Gasteiger partial charge in [-0.2, -0.15) is 15.0 Å². The minimum Gasteiger partial charge on any atom is -0.324 e. The Morgan fingerprint density at radius 1 is 1.15 bits per heavy atom. The third kappa shape index (κ3) is 4.23. The standard InChI is InChI=1S/C18H20F3N5/c19-18(20,21)26-10-5-16(24-26)15-3-1-14(2-4-15)13-25-11-7-17(23,6-9-22)8-12-25/h1-5,10H,6-8,11-13,23H2. The van der Waals surface area contributed by atoms with E-state index in [9.17, 15) is 13.2 Å². The second-order valence-electron chi connectivity index (χ2n) is 6.78. The van der Waals surface area contributed by atoms with Gasteiger partial charge in [-0.1, -0.05) is 24.3 Å².